The van der Waals surface area contributed by atoms with E-state index in [9.17, 15) is 8.42 Å². The minimum atomic E-state index is -3.27. The van der Waals surface area contributed by atoms with Crippen molar-refractivity contribution >= 4 is 15.8 Å². The number of nitriles is 1. The van der Waals surface area contributed by atoms with Gasteiger partial charge >= 0.3 is 0 Å². The Morgan fingerprint density at radius 3 is 2.47 bits per heavy atom. The van der Waals surface area contributed by atoms with Gasteiger partial charge < -0.3 is 10.3 Å². The van der Waals surface area contributed by atoms with Crippen LogP contribution in [0.5, 0.6) is 0 Å². The first-order valence-corrected chi connectivity index (χ1v) is 6.75. The molecule has 1 aromatic rings. The summed E-state index contributed by atoms with van der Waals surface area (Å²) in [7, 11) is -1.90. The van der Waals surface area contributed by atoms with Gasteiger partial charge in [0.2, 0.25) is 10.0 Å². The highest BCUT2D eigenvalue weighted by Crippen LogP contribution is 2.23. The highest BCUT2D eigenvalue weighted by Gasteiger charge is 2.16. The zero-order valence-corrected chi connectivity index (χ0v) is 10.9. The summed E-state index contributed by atoms with van der Waals surface area (Å²) in [6.45, 7) is 3.86. The molecule has 1 rings (SSSR count). The summed E-state index contributed by atoms with van der Waals surface area (Å²) in [6, 6.07) is 2.02. The Hall–Kier alpha value is -1.52. The average Bonchev–Trinajstić information content (AvgIpc) is 2.48. The molecule has 94 valence electrons. The minimum absolute atomic E-state index is 0.0620. The zero-order chi connectivity index (χ0) is 13.2. The number of nitrogens with one attached hydrogen (secondary N) is 1. The first-order chi connectivity index (χ1) is 7.84. The molecule has 0 saturated heterocycles. The standard InChI is InChI=1S/C10H16N4O2S/c1-7-8(2)14(10(12)9(7)6-11)4-5-17(15,16)13-3/h13H,4-5,12H2,1-3H3. The Bertz CT molecular complexity index is 566. The van der Waals surface area contributed by atoms with Crippen LogP contribution in [0.2, 0.25) is 0 Å². The van der Waals surface area contributed by atoms with Crippen LogP contribution >= 0.6 is 0 Å². The van der Waals surface area contributed by atoms with Crippen molar-refractivity contribution in [2.45, 2.75) is 20.4 Å². The molecule has 0 radical (unpaired) electrons. The lowest BCUT2D eigenvalue weighted by Gasteiger charge is -2.09. The Kier molecular flexibility index (Phi) is 3.80. The van der Waals surface area contributed by atoms with E-state index in [4.69, 9.17) is 11.0 Å². The third kappa shape index (κ3) is 2.60. The molecule has 7 heteroatoms. The minimum Gasteiger partial charge on any atom is -0.384 e. The molecule has 0 aliphatic carbocycles. The van der Waals surface area contributed by atoms with Crippen LogP contribution in [0.25, 0.3) is 0 Å². The third-order valence-electron chi connectivity index (χ3n) is 2.88. The summed E-state index contributed by atoms with van der Waals surface area (Å²) >= 11 is 0. The zero-order valence-electron chi connectivity index (χ0n) is 10.1. The van der Waals surface area contributed by atoms with E-state index in [0.717, 1.165) is 11.3 Å². The number of hydrogen-bond donors (Lipinski definition) is 2. The van der Waals surface area contributed by atoms with Crippen molar-refractivity contribution in [3.63, 3.8) is 0 Å². The van der Waals surface area contributed by atoms with Crippen molar-refractivity contribution in [3.05, 3.63) is 16.8 Å². The topological polar surface area (TPSA) is 101 Å². The molecule has 0 unspecified atom stereocenters. The van der Waals surface area contributed by atoms with Crippen LogP contribution in [0.15, 0.2) is 0 Å². The second kappa shape index (κ2) is 4.77. The molecular weight excluding hydrogens is 240 g/mol. The molecule has 0 aliphatic rings. The molecule has 6 nitrogen and oxygen atoms in total. The Morgan fingerprint density at radius 2 is 2.06 bits per heavy atom. The molecule has 0 fully saturated rings. The molecular formula is C10H16N4O2S. The Balaban J connectivity index is 3.06. The van der Waals surface area contributed by atoms with Crippen LogP contribution in [-0.4, -0.2) is 25.8 Å². The second-order valence-corrected chi connectivity index (χ2v) is 5.80. The molecule has 3 N–H and O–H groups in total. The van der Waals surface area contributed by atoms with Gasteiger partial charge in [-0.05, 0) is 26.5 Å². The van der Waals surface area contributed by atoms with Crippen molar-refractivity contribution in [1.82, 2.24) is 9.29 Å². The van der Waals surface area contributed by atoms with Crippen LogP contribution in [0.4, 0.5) is 5.82 Å². The number of anilines is 1. The van der Waals surface area contributed by atoms with Crippen LogP contribution < -0.4 is 10.5 Å². The van der Waals surface area contributed by atoms with Crippen molar-refractivity contribution in [1.29, 1.82) is 5.26 Å². The number of rotatable bonds is 4. The quantitative estimate of drug-likeness (QED) is 0.798. The summed E-state index contributed by atoms with van der Waals surface area (Å²) in [5.74, 6) is 0.266. The first-order valence-electron chi connectivity index (χ1n) is 5.10. The predicted octanol–water partition coefficient (Wildman–Crippen LogP) is 0.108. The van der Waals surface area contributed by atoms with E-state index >= 15 is 0 Å². The fourth-order valence-corrected chi connectivity index (χ4v) is 2.26. The molecule has 1 heterocycles. The Morgan fingerprint density at radius 1 is 1.47 bits per heavy atom. The molecule has 17 heavy (non-hydrogen) atoms. The van der Waals surface area contributed by atoms with E-state index in [1.807, 2.05) is 13.0 Å². The highest BCUT2D eigenvalue weighted by molar-refractivity contribution is 7.89. The van der Waals surface area contributed by atoms with E-state index in [1.54, 1.807) is 11.5 Å². The maximum Gasteiger partial charge on any atom is 0.213 e. The number of nitrogens with two attached hydrogens (primary N) is 1. The smallest absolute Gasteiger partial charge is 0.213 e. The molecule has 0 atom stereocenters. The van der Waals surface area contributed by atoms with E-state index in [0.29, 0.717) is 11.4 Å². The van der Waals surface area contributed by atoms with Gasteiger partial charge in [0, 0.05) is 12.2 Å². The normalized spacial score (nSPS) is 11.4. The van der Waals surface area contributed by atoms with Gasteiger partial charge in [0.1, 0.15) is 11.9 Å². The van der Waals surface area contributed by atoms with E-state index in [2.05, 4.69) is 4.72 Å². The highest BCUT2D eigenvalue weighted by atomic mass is 32.2. The third-order valence-corrected chi connectivity index (χ3v) is 4.22. The lowest BCUT2D eigenvalue weighted by atomic mass is 10.2. The lowest BCUT2D eigenvalue weighted by molar-refractivity contribution is 0.581. The number of sulfonamides is 1. The van der Waals surface area contributed by atoms with Gasteiger partial charge in [-0.25, -0.2) is 13.1 Å². The maximum absolute atomic E-state index is 11.3. The van der Waals surface area contributed by atoms with Gasteiger partial charge in [0.05, 0.1) is 11.3 Å². The van der Waals surface area contributed by atoms with Crippen LogP contribution in [-0.2, 0) is 16.6 Å². The van der Waals surface area contributed by atoms with Gasteiger partial charge in [-0.15, -0.1) is 0 Å². The molecule has 0 bridgehead atoms. The maximum atomic E-state index is 11.3. The fourth-order valence-electron chi connectivity index (χ4n) is 1.63. The van der Waals surface area contributed by atoms with Gasteiger partial charge in [-0.1, -0.05) is 0 Å². The lowest BCUT2D eigenvalue weighted by Crippen LogP contribution is -2.25. The van der Waals surface area contributed by atoms with Gasteiger partial charge in [-0.2, -0.15) is 5.26 Å². The summed E-state index contributed by atoms with van der Waals surface area (Å²) in [5, 5.41) is 8.94. The molecule has 0 aliphatic heterocycles. The van der Waals surface area contributed by atoms with Gasteiger partial charge in [0.15, 0.2) is 0 Å². The van der Waals surface area contributed by atoms with Crippen LogP contribution in [0.3, 0.4) is 0 Å². The largest absolute Gasteiger partial charge is 0.384 e. The summed E-state index contributed by atoms with van der Waals surface area (Å²) in [4.78, 5) is 0. The fraction of sp³-hybridized carbons (Fsp3) is 0.500. The van der Waals surface area contributed by atoms with Crippen LogP contribution in [0, 0.1) is 25.2 Å². The second-order valence-electron chi connectivity index (χ2n) is 3.76. The average molecular weight is 256 g/mol. The van der Waals surface area contributed by atoms with Crippen molar-refractivity contribution in [3.8, 4) is 6.07 Å². The SMILES string of the molecule is CNS(=O)(=O)CCn1c(C)c(C)c(C#N)c1N. The van der Waals surface area contributed by atoms with E-state index in [1.165, 1.54) is 7.05 Å². The van der Waals surface area contributed by atoms with Crippen molar-refractivity contribution < 1.29 is 8.42 Å². The molecule has 0 saturated carbocycles. The number of nitrogen functional groups attached to an aromatic ring is 1. The van der Waals surface area contributed by atoms with Gasteiger partial charge in [0.25, 0.3) is 0 Å². The van der Waals surface area contributed by atoms with Gasteiger partial charge in [-0.3, -0.25) is 0 Å². The summed E-state index contributed by atoms with van der Waals surface area (Å²) < 4.78 is 26.5. The number of hydrogen-bond acceptors (Lipinski definition) is 4. The Labute approximate surface area is 101 Å². The molecule has 0 aromatic carbocycles. The summed E-state index contributed by atoms with van der Waals surface area (Å²) in [5.41, 5.74) is 7.85. The van der Waals surface area contributed by atoms with Crippen LogP contribution in [0.1, 0.15) is 16.8 Å². The predicted molar refractivity (Wildman–Crippen MR) is 65.9 cm³/mol. The summed E-state index contributed by atoms with van der Waals surface area (Å²) in [6.07, 6.45) is 0. The molecule has 0 spiro atoms. The molecule has 1 aromatic heterocycles. The van der Waals surface area contributed by atoms with E-state index in [-0.39, 0.29) is 12.3 Å². The monoisotopic (exact) mass is 256 g/mol. The van der Waals surface area contributed by atoms with E-state index < -0.39 is 10.0 Å². The first kappa shape index (κ1) is 13.5. The molecule has 0 amide bonds. The number of aromatic nitrogens is 1. The van der Waals surface area contributed by atoms with Crippen molar-refractivity contribution in [2.75, 3.05) is 18.5 Å². The van der Waals surface area contributed by atoms with Crippen molar-refractivity contribution in [2.24, 2.45) is 0 Å². The number of nitrogens with zero attached hydrogens (tertiary/aromatic N) is 2.